The monoisotopic (exact) mass is 534 g/mol. The van der Waals surface area contributed by atoms with Crippen LogP contribution in [0.15, 0.2) is 84.9 Å². The minimum Gasteiger partial charge on any atom is -0.478 e. The fraction of sp³-hybridized carbons (Fsp3) is 0.0625. The summed E-state index contributed by atoms with van der Waals surface area (Å²) < 4.78 is 9.99. The molecule has 0 aromatic heterocycles. The molecule has 0 saturated heterocycles. The lowest BCUT2D eigenvalue weighted by Gasteiger charge is -2.22. The molecule has 0 atom stereocenters. The Morgan fingerprint density at radius 2 is 0.975 bits per heavy atom. The third-order valence-electron chi connectivity index (χ3n) is 6.81. The Kier molecular flexibility index (Phi) is 6.75. The van der Waals surface area contributed by atoms with E-state index in [-0.39, 0.29) is 33.2 Å². The standard InChI is InChI=1S/C32H22O8/c1-39-31(37)21-13-7-5-11-19(21)25-23-15-17-9-3-4-10-18(17)16-24(23)27(29(33)34)28(30(35)36)26(25)20-12-6-8-14-22(20)32(38)40-2/h3-16H,1-2H3,(H,33,34)(H,35,36). The summed E-state index contributed by atoms with van der Waals surface area (Å²) in [6.07, 6.45) is 0. The summed E-state index contributed by atoms with van der Waals surface area (Å²) in [6, 6.07) is 23.3. The van der Waals surface area contributed by atoms with Crippen molar-refractivity contribution in [3.8, 4) is 22.3 Å². The van der Waals surface area contributed by atoms with E-state index in [2.05, 4.69) is 0 Å². The lowest BCUT2D eigenvalue weighted by Crippen LogP contribution is -2.14. The van der Waals surface area contributed by atoms with Crippen molar-refractivity contribution >= 4 is 45.4 Å². The molecule has 40 heavy (non-hydrogen) atoms. The fourth-order valence-corrected chi connectivity index (χ4v) is 5.14. The summed E-state index contributed by atoms with van der Waals surface area (Å²) >= 11 is 0. The summed E-state index contributed by atoms with van der Waals surface area (Å²) in [4.78, 5) is 51.5. The van der Waals surface area contributed by atoms with Gasteiger partial charge in [0.1, 0.15) is 0 Å². The molecule has 0 heterocycles. The van der Waals surface area contributed by atoms with Crippen molar-refractivity contribution in [2.75, 3.05) is 14.2 Å². The van der Waals surface area contributed by atoms with Gasteiger partial charge in [-0.15, -0.1) is 0 Å². The Morgan fingerprint density at radius 1 is 0.550 bits per heavy atom. The maximum Gasteiger partial charge on any atom is 0.338 e. The summed E-state index contributed by atoms with van der Waals surface area (Å²) in [5, 5.41) is 22.9. The Morgan fingerprint density at radius 3 is 1.45 bits per heavy atom. The highest BCUT2D eigenvalue weighted by Gasteiger charge is 2.32. The first-order valence-electron chi connectivity index (χ1n) is 12.1. The van der Waals surface area contributed by atoms with Crippen LogP contribution in [0.4, 0.5) is 0 Å². The predicted molar refractivity (Wildman–Crippen MR) is 149 cm³/mol. The maximum absolute atomic E-state index is 13.0. The zero-order chi connectivity index (χ0) is 28.6. The van der Waals surface area contributed by atoms with Crippen LogP contribution in [0, 0.1) is 0 Å². The van der Waals surface area contributed by atoms with Crippen molar-refractivity contribution in [3.05, 3.63) is 107 Å². The quantitative estimate of drug-likeness (QED) is 0.192. The van der Waals surface area contributed by atoms with Crippen LogP contribution in [-0.4, -0.2) is 48.3 Å². The highest BCUT2D eigenvalue weighted by atomic mass is 16.5. The van der Waals surface area contributed by atoms with Crippen LogP contribution < -0.4 is 0 Å². The molecule has 0 fully saturated rings. The number of carbonyl (C=O) groups excluding carboxylic acids is 2. The molecule has 0 spiro atoms. The number of hydrogen-bond donors (Lipinski definition) is 2. The summed E-state index contributed by atoms with van der Waals surface area (Å²) in [5.41, 5.74) is -0.131. The molecular weight excluding hydrogens is 512 g/mol. The number of hydrogen-bond acceptors (Lipinski definition) is 6. The Balaban J connectivity index is 2.15. The lowest BCUT2D eigenvalue weighted by atomic mass is 9.80. The lowest BCUT2D eigenvalue weighted by molar-refractivity contribution is 0.0592. The molecule has 0 bridgehead atoms. The van der Waals surface area contributed by atoms with E-state index in [1.54, 1.807) is 54.6 Å². The molecule has 198 valence electrons. The van der Waals surface area contributed by atoms with E-state index < -0.39 is 35.0 Å². The van der Waals surface area contributed by atoms with E-state index in [1.165, 1.54) is 32.4 Å². The molecule has 0 unspecified atom stereocenters. The second kappa shape index (κ2) is 10.3. The van der Waals surface area contributed by atoms with Gasteiger partial charge in [0.25, 0.3) is 0 Å². The van der Waals surface area contributed by atoms with Crippen LogP contribution >= 0.6 is 0 Å². The van der Waals surface area contributed by atoms with Gasteiger partial charge >= 0.3 is 23.9 Å². The number of methoxy groups -OCH3 is 2. The number of ether oxygens (including phenoxy) is 2. The highest BCUT2D eigenvalue weighted by Crippen LogP contribution is 2.46. The molecule has 5 rings (SSSR count). The number of fused-ring (bicyclic) bond motifs is 2. The normalized spacial score (nSPS) is 10.8. The second-order valence-electron chi connectivity index (χ2n) is 8.93. The molecule has 2 N–H and O–H groups in total. The van der Waals surface area contributed by atoms with Gasteiger partial charge in [-0.2, -0.15) is 0 Å². The molecule has 5 aromatic rings. The fourth-order valence-electron chi connectivity index (χ4n) is 5.14. The Hall–Kier alpha value is -5.50. The minimum absolute atomic E-state index is 0.0285. The second-order valence-corrected chi connectivity index (χ2v) is 8.93. The number of carboxylic acids is 2. The van der Waals surface area contributed by atoms with Crippen LogP contribution in [0.2, 0.25) is 0 Å². The predicted octanol–water partition coefficient (Wildman–Crippen LogP) is 6.30. The molecular formula is C32H22O8. The van der Waals surface area contributed by atoms with Crippen molar-refractivity contribution in [1.82, 2.24) is 0 Å². The Bertz CT molecular complexity index is 1870. The topological polar surface area (TPSA) is 127 Å². The summed E-state index contributed by atoms with van der Waals surface area (Å²) in [7, 11) is 2.42. The third kappa shape index (κ3) is 4.21. The largest absolute Gasteiger partial charge is 0.478 e. The molecule has 0 radical (unpaired) electrons. The first-order valence-corrected chi connectivity index (χ1v) is 12.1. The minimum atomic E-state index is -1.51. The zero-order valence-electron chi connectivity index (χ0n) is 21.4. The number of rotatable bonds is 6. The van der Waals surface area contributed by atoms with E-state index in [1.807, 2.05) is 12.1 Å². The Labute approximate surface area is 228 Å². The molecule has 0 amide bonds. The van der Waals surface area contributed by atoms with E-state index in [0.717, 1.165) is 5.39 Å². The number of aromatic carboxylic acids is 2. The van der Waals surface area contributed by atoms with Gasteiger partial charge in [0, 0.05) is 5.56 Å². The van der Waals surface area contributed by atoms with E-state index >= 15 is 0 Å². The highest BCUT2D eigenvalue weighted by molar-refractivity contribution is 6.24. The summed E-state index contributed by atoms with van der Waals surface area (Å²) in [6.45, 7) is 0. The average molecular weight is 535 g/mol. The van der Waals surface area contributed by atoms with Crippen LogP contribution in [0.5, 0.6) is 0 Å². The van der Waals surface area contributed by atoms with Gasteiger partial charge in [0.2, 0.25) is 0 Å². The number of carboxylic acid groups (broad SMARTS) is 2. The van der Waals surface area contributed by atoms with Gasteiger partial charge in [0.15, 0.2) is 0 Å². The molecule has 0 aliphatic carbocycles. The van der Waals surface area contributed by atoms with Gasteiger partial charge in [-0.3, -0.25) is 0 Å². The van der Waals surface area contributed by atoms with Crippen LogP contribution in [0.3, 0.4) is 0 Å². The molecule has 8 nitrogen and oxygen atoms in total. The van der Waals surface area contributed by atoms with Gasteiger partial charge in [-0.25, -0.2) is 19.2 Å². The zero-order valence-corrected chi connectivity index (χ0v) is 21.4. The van der Waals surface area contributed by atoms with Crippen molar-refractivity contribution < 1.29 is 38.9 Å². The molecule has 8 heteroatoms. The number of benzene rings is 5. The van der Waals surface area contributed by atoms with Gasteiger partial charge < -0.3 is 19.7 Å². The van der Waals surface area contributed by atoms with Gasteiger partial charge in [0.05, 0.1) is 36.5 Å². The van der Waals surface area contributed by atoms with E-state index in [0.29, 0.717) is 16.3 Å². The van der Waals surface area contributed by atoms with Gasteiger partial charge in [-0.1, -0.05) is 60.7 Å². The molecule has 0 aliphatic heterocycles. The first kappa shape index (κ1) is 26.1. The number of esters is 2. The van der Waals surface area contributed by atoms with Crippen LogP contribution in [0.25, 0.3) is 43.8 Å². The summed E-state index contributed by atoms with van der Waals surface area (Å²) in [5.74, 6) is -4.38. The van der Waals surface area contributed by atoms with Crippen molar-refractivity contribution in [2.24, 2.45) is 0 Å². The van der Waals surface area contributed by atoms with E-state index in [9.17, 15) is 29.4 Å². The molecule has 0 aliphatic rings. The SMILES string of the molecule is COC(=O)c1ccccc1-c1c(C(=O)O)c(C(=O)O)c2cc3ccccc3cc2c1-c1ccccc1C(=O)OC. The average Bonchev–Trinajstić information content (AvgIpc) is 2.97. The van der Waals surface area contributed by atoms with Crippen molar-refractivity contribution in [3.63, 3.8) is 0 Å². The molecule has 0 saturated carbocycles. The first-order chi connectivity index (χ1) is 19.3. The smallest absolute Gasteiger partial charge is 0.338 e. The van der Waals surface area contributed by atoms with Gasteiger partial charge in [-0.05, 0) is 62.5 Å². The maximum atomic E-state index is 13.0. The van der Waals surface area contributed by atoms with Crippen molar-refractivity contribution in [2.45, 2.75) is 0 Å². The van der Waals surface area contributed by atoms with E-state index in [4.69, 9.17) is 9.47 Å². The van der Waals surface area contributed by atoms with Crippen molar-refractivity contribution in [1.29, 1.82) is 0 Å². The van der Waals surface area contributed by atoms with Crippen LogP contribution in [0.1, 0.15) is 41.4 Å². The van der Waals surface area contributed by atoms with Crippen LogP contribution in [-0.2, 0) is 9.47 Å². The third-order valence-corrected chi connectivity index (χ3v) is 6.81. The number of carbonyl (C=O) groups is 4. The molecule has 5 aromatic carbocycles.